The molecule has 0 N–H and O–H groups in total. The van der Waals surface area contributed by atoms with Crippen molar-refractivity contribution in [3.05, 3.63) is 40.0 Å². The number of rotatable bonds is 9. The fourth-order valence-corrected chi connectivity index (χ4v) is 17.1. The van der Waals surface area contributed by atoms with E-state index in [1.54, 1.807) is 0 Å². The number of benzene rings is 1. The monoisotopic (exact) mass is 472 g/mol. The molecule has 1 rings (SSSR count). The molecule has 0 aliphatic heterocycles. The van der Waals surface area contributed by atoms with Crippen LogP contribution in [0.1, 0.15) is 33.4 Å². The smallest absolute Gasteiger partial charge is 0.404 e. The Labute approximate surface area is 181 Å². The van der Waals surface area contributed by atoms with Crippen molar-refractivity contribution in [2.75, 3.05) is 0 Å². The summed E-state index contributed by atoms with van der Waals surface area (Å²) in [6, 6.07) is 0. The second kappa shape index (κ2) is 9.35. The van der Waals surface area contributed by atoms with Crippen molar-refractivity contribution in [3.63, 3.8) is 0 Å². The molecule has 0 radical (unpaired) electrons. The van der Waals surface area contributed by atoms with E-state index in [1.165, 1.54) is 33.4 Å². The van der Waals surface area contributed by atoms with Crippen molar-refractivity contribution in [3.8, 4) is 0 Å². The van der Waals surface area contributed by atoms with Gasteiger partial charge in [-0.2, -0.15) is 0 Å². The quantitative estimate of drug-likeness (QED) is 0.513. The van der Waals surface area contributed by atoms with Crippen LogP contribution in [0, 0.1) is 34.6 Å². The summed E-state index contributed by atoms with van der Waals surface area (Å²) in [6.45, 7) is 28.3. The third-order valence-electron chi connectivity index (χ3n) is 4.89. The standard InChI is InChI=1S/C19H40O4Si5/c1-13-14(2)16(4)19(17(5)15(13)3)18(6)25-21-28(20-24,22-26(7,8)9)23-27(10,11)12/h6,25H2,1-5,7-12,24H3. The van der Waals surface area contributed by atoms with Gasteiger partial charge < -0.3 is 16.5 Å². The Hall–Kier alpha value is -0.116. The molecule has 0 aromatic heterocycles. The van der Waals surface area contributed by atoms with Crippen LogP contribution in [0.5, 0.6) is 0 Å². The van der Waals surface area contributed by atoms with Gasteiger partial charge in [0.05, 0.1) is 0 Å². The number of hydrogen-bond donors (Lipinski definition) is 0. The zero-order valence-corrected chi connectivity index (χ0v) is 26.5. The summed E-state index contributed by atoms with van der Waals surface area (Å²) >= 11 is 0. The summed E-state index contributed by atoms with van der Waals surface area (Å²) in [4.78, 5) is 0. The topological polar surface area (TPSA) is 36.9 Å². The molecular weight excluding hydrogens is 433 g/mol. The zero-order valence-electron chi connectivity index (χ0n) is 20.0. The van der Waals surface area contributed by atoms with Crippen LogP contribution >= 0.6 is 0 Å². The average Bonchev–Trinajstić information content (AvgIpc) is 2.53. The van der Waals surface area contributed by atoms with Gasteiger partial charge in [0.2, 0.25) is 0 Å². The van der Waals surface area contributed by atoms with Crippen LogP contribution in [-0.2, 0) is 16.5 Å². The highest BCUT2D eigenvalue weighted by atomic mass is 28.5. The van der Waals surface area contributed by atoms with Crippen LogP contribution in [0.15, 0.2) is 6.58 Å². The molecule has 28 heavy (non-hydrogen) atoms. The minimum atomic E-state index is -3.12. The molecule has 0 heterocycles. The van der Waals surface area contributed by atoms with E-state index in [4.69, 9.17) is 16.5 Å². The van der Waals surface area contributed by atoms with E-state index in [2.05, 4.69) is 80.5 Å². The Balaban J connectivity index is 3.23. The third-order valence-corrected chi connectivity index (χ3v) is 16.5. The lowest BCUT2D eigenvalue weighted by molar-refractivity contribution is 0.166. The van der Waals surface area contributed by atoms with E-state index < -0.39 is 35.4 Å². The molecule has 1 aromatic carbocycles. The van der Waals surface area contributed by atoms with E-state index in [0.29, 0.717) is 10.5 Å². The largest absolute Gasteiger partial charge is 0.636 e. The van der Waals surface area contributed by atoms with E-state index in [0.717, 1.165) is 5.20 Å². The van der Waals surface area contributed by atoms with Crippen LogP contribution < -0.4 is 0 Å². The fourth-order valence-electron chi connectivity index (χ4n) is 3.25. The third kappa shape index (κ3) is 6.71. The van der Waals surface area contributed by atoms with Gasteiger partial charge in [0.15, 0.2) is 26.4 Å². The lowest BCUT2D eigenvalue weighted by Crippen LogP contribution is -2.59. The molecule has 0 bridgehead atoms. The van der Waals surface area contributed by atoms with Crippen molar-refractivity contribution in [2.45, 2.75) is 73.9 Å². The van der Waals surface area contributed by atoms with E-state index >= 15 is 0 Å². The number of hydrogen-bond acceptors (Lipinski definition) is 4. The van der Waals surface area contributed by atoms with Crippen molar-refractivity contribution in [1.29, 1.82) is 0 Å². The highest BCUT2D eigenvalue weighted by Gasteiger charge is 2.49. The maximum Gasteiger partial charge on any atom is 0.636 e. The van der Waals surface area contributed by atoms with Crippen molar-refractivity contribution < 1.29 is 16.5 Å². The van der Waals surface area contributed by atoms with Crippen LogP contribution in [-0.4, -0.2) is 45.9 Å². The van der Waals surface area contributed by atoms with Gasteiger partial charge in [0.25, 0.3) is 0 Å². The summed E-state index contributed by atoms with van der Waals surface area (Å²) in [5.74, 6) is 0. The van der Waals surface area contributed by atoms with E-state index in [-0.39, 0.29) is 0 Å². The van der Waals surface area contributed by atoms with Gasteiger partial charge >= 0.3 is 9.05 Å². The molecule has 9 heteroatoms. The highest BCUT2D eigenvalue weighted by Crippen LogP contribution is 2.31. The van der Waals surface area contributed by atoms with Gasteiger partial charge in [-0.1, -0.05) is 6.58 Å². The van der Waals surface area contributed by atoms with Gasteiger partial charge in [-0.15, -0.1) is 0 Å². The second-order valence-corrected chi connectivity index (χ2v) is 24.5. The molecule has 1 aromatic rings. The molecule has 0 aliphatic carbocycles. The Morgan fingerprint density at radius 2 is 1.11 bits per heavy atom. The maximum absolute atomic E-state index is 6.48. The summed E-state index contributed by atoms with van der Waals surface area (Å²) < 4.78 is 25.3. The molecule has 0 aliphatic rings. The summed E-state index contributed by atoms with van der Waals surface area (Å²) in [6.07, 6.45) is 0. The molecule has 0 fully saturated rings. The molecule has 160 valence electrons. The normalized spacial score (nSPS) is 13.7. The first kappa shape index (κ1) is 25.9. The summed E-state index contributed by atoms with van der Waals surface area (Å²) in [5.41, 5.74) is 7.91. The maximum atomic E-state index is 6.48. The first-order valence-electron chi connectivity index (χ1n) is 9.88. The zero-order chi connectivity index (χ0) is 22.1. The molecular formula is C19H40O4Si5. The Morgan fingerprint density at radius 3 is 1.43 bits per heavy atom. The average molecular weight is 473 g/mol. The van der Waals surface area contributed by atoms with Crippen molar-refractivity contribution >= 4 is 51.1 Å². The Kier molecular flexibility index (Phi) is 8.66. The van der Waals surface area contributed by atoms with Crippen LogP contribution in [0.25, 0.3) is 5.20 Å². The minimum absolute atomic E-state index is 0.529. The summed E-state index contributed by atoms with van der Waals surface area (Å²) in [5, 5.41) is 1.09. The van der Waals surface area contributed by atoms with E-state index in [1.807, 2.05) is 0 Å². The van der Waals surface area contributed by atoms with Crippen LogP contribution in [0.2, 0.25) is 39.3 Å². The molecule has 0 atom stereocenters. The lowest BCUT2D eigenvalue weighted by Gasteiger charge is -2.37. The molecule has 0 spiro atoms. The van der Waals surface area contributed by atoms with Crippen molar-refractivity contribution in [2.24, 2.45) is 0 Å². The van der Waals surface area contributed by atoms with Gasteiger partial charge in [0.1, 0.15) is 10.5 Å². The van der Waals surface area contributed by atoms with Crippen molar-refractivity contribution in [1.82, 2.24) is 0 Å². The Morgan fingerprint density at radius 1 is 0.750 bits per heavy atom. The lowest BCUT2D eigenvalue weighted by atomic mass is 9.89. The predicted octanol–water partition coefficient (Wildman–Crippen LogP) is 3.74. The SMILES string of the molecule is C=C([SiH2]O[Si](O[SiH3])(O[Si](C)(C)C)O[Si](C)(C)C)c1c(C)c(C)c(C)c(C)c1C. The predicted molar refractivity (Wildman–Crippen MR) is 134 cm³/mol. The van der Waals surface area contributed by atoms with E-state index in [9.17, 15) is 0 Å². The molecule has 0 unspecified atom stereocenters. The molecule has 4 nitrogen and oxygen atoms in total. The Bertz CT molecular complexity index is 690. The van der Waals surface area contributed by atoms with Gasteiger partial charge in [0, 0.05) is 0 Å². The van der Waals surface area contributed by atoms with Crippen LogP contribution in [0.3, 0.4) is 0 Å². The van der Waals surface area contributed by atoms with Gasteiger partial charge in [-0.05, 0) is 112 Å². The highest BCUT2D eigenvalue weighted by molar-refractivity contribution is 6.86. The minimum Gasteiger partial charge on any atom is -0.404 e. The van der Waals surface area contributed by atoms with Gasteiger partial charge in [-0.3, -0.25) is 0 Å². The second-order valence-electron chi connectivity index (χ2n) is 9.53. The molecule has 0 amide bonds. The molecule has 0 saturated heterocycles. The summed E-state index contributed by atoms with van der Waals surface area (Å²) in [7, 11) is -7.51. The fraction of sp³-hybridized carbons (Fsp3) is 0.579. The van der Waals surface area contributed by atoms with Crippen LogP contribution in [0.4, 0.5) is 0 Å². The first-order valence-corrected chi connectivity index (χ1v) is 20.4. The molecule has 0 saturated carbocycles. The van der Waals surface area contributed by atoms with Gasteiger partial charge in [-0.25, -0.2) is 0 Å². The first-order chi connectivity index (χ1) is 12.5.